The lowest BCUT2D eigenvalue weighted by Gasteiger charge is -2.41. The van der Waals surface area contributed by atoms with Gasteiger partial charge in [0, 0.05) is 25.3 Å². The molecule has 0 aliphatic carbocycles. The lowest BCUT2D eigenvalue weighted by molar-refractivity contribution is -0.00255. The Balaban J connectivity index is 0.00000364. The van der Waals surface area contributed by atoms with Crippen molar-refractivity contribution in [1.82, 2.24) is 15.5 Å². The van der Waals surface area contributed by atoms with Crippen molar-refractivity contribution in [3.63, 3.8) is 0 Å². The van der Waals surface area contributed by atoms with Gasteiger partial charge in [0.15, 0.2) is 5.96 Å². The second-order valence-corrected chi connectivity index (χ2v) is 7.39. The molecule has 1 aliphatic heterocycles. The molecule has 6 heteroatoms. The molecule has 1 fully saturated rings. The lowest BCUT2D eigenvalue weighted by atomic mass is 9.89. The Morgan fingerprint density at radius 3 is 2.33 bits per heavy atom. The van der Waals surface area contributed by atoms with Gasteiger partial charge in [0.25, 0.3) is 0 Å². The van der Waals surface area contributed by atoms with Crippen LogP contribution in [0.15, 0.2) is 29.3 Å². The number of ether oxygens (including phenoxy) is 1. The van der Waals surface area contributed by atoms with Crippen LogP contribution in [0.2, 0.25) is 0 Å². The van der Waals surface area contributed by atoms with Gasteiger partial charge in [0.1, 0.15) is 0 Å². The number of aliphatic imine (C=N–C) groups is 1. The first-order chi connectivity index (χ1) is 12.5. The Labute approximate surface area is 182 Å². The third-order valence-electron chi connectivity index (χ3n) is 5.49. The van der Waals surface area contributed by atoms with E-state index in [1.54, 1.807) is 0 Å². The quantitative estimate of drug-likeness (QED) is 0.350. The minimum absolute atomic E-state index is 0. The van der Waals surface area contributed by atoms with Crippen LogP contribution < -0.4 is 10.6 Å². The maximum Gasteiger partial charge on any atom is 0.191 e. The number of rotatable bonds is 7. The number of hydrogen-bond acceptors (Lipinski definition) is 3. The summed E-state index contributed by atoms with van der Waals surface area (Å²) in [5.74, 6) is 0.882. The summed E-state index contributed by atoms with van der Waals surface area (Å²) in [6, 6.07) is 9.05. The first-order valence-corrected chi connectivity index (χ1v) is 9.89. The largest absolute Gasteiger partial charge is 0.381 e. The van der Waals surface area contributed by atoms with Gasteiger partial charge in [-0.15, -0.1) is 24.0 Å². The zero-order valence-electron chi connectivity index (χ0n) is 17.5. The van der Waals surface area contributed by atoms with Crippen LogP contribution >= 0.6 is 24.0 Å². The number of halogens is 1. The number of nitrogens with one attached hydrogen (secondary N) is 2. The van der Waals surface area contributed by atoms with E-state index in [9.17, 15) is 0 Å². The molecule has 1 aromatic carbocycles. The predicted molar refractivity (Wildman–Crippen MR) is 125 cm³/mol. The van der Waals surface area contributed by atoms with Gasteiger partial charge in [0.2, 0.25) is 0 Å². The standard InChI is InChI=1S/C21H36N4O.HI/c1-6-18-8-10-19(11-9-18)17(3)24-20(22-7-2)23-16-21(25(4)5)12-14-26-15-13-21;/h8-11,17H,6-7,12-16H2,1-5H3,(H2,22,23,24);1H. The molecule has 1 aromatic rings. The van der Waals surface area contributed by atoms with Gasteiger partial charge >= 0.3 is 0 Å². The van der Waals surface area contributed by atoms with Crippen LogP contribution in [0.1, 0.15) is 50.8 Å². The third-order valence-corrected chi connectivity index (χ3v) is 5.49. The van der Waals surface area contributed by atoms with Gasteiger partial charge in [-0.05, 0) is 58.3 Å². The van der Waals surface area contributed by atoms with E-state index in [4.69, 9.17) is 9.73 Å². The van der Waals surface area contributed by atoms with Gasteiger partial charge in [0.05, 0.1) is 12.6 Å². The summed E-state index contributed by atoms with van der Waals surface area (Å²) in [5, 5.41) is 6.95. The molecule has 0 bridgehead atoms. The van der Waals surface area contributed by atoms with E-state index in [2.05, 4.69) is 74.7 Å². The molecule has 1 aliphatic rings. The van der Waals surface area contributed by atoms with Gasteiger partial charge in [-0.1, -0.05) is 31.2 Å². The highest BCUT2D eigenvalue weighted by Crippen LogP contribution is 2.26. The Bertz CT molecular complexity index is 568. The smallest absolute Gasteiger partial charge is 0.191 e. The molecular formula is C21H37IN4O. The van der Waals surface area contributed by atoms with E-state index in [0.29, 0.717) is 0 Å². The summed E-state index contributed by atoms with van der Waals surface area (Å²) in [6.45, 7) is 9.74. The molecule has 2 rings (SSSR count). The molecule has 1 saturated heterocycles. The first-order valence-electron chi connectivity index (χ1n) is 9.89. The first kappa shape index (κ1) is 24.2. The SMILES string of the molecule is CCNC(=NCC1(N(C)C)CCOCC1)NC(C)c1ccc(CC)cc1.I. The summed E-state index contributed by atoms with van der Waals surface area (Å²) in [4.78, 5) is 7.24. The molecule has 2 N–H and O–H groups in total. The fourth-order valence-electron chi connectivity index (χ4n) is 3.37. The summed E-state index contributed by atoms with van der Waals surface area (Å²) in [5.41, 5.74) is 2.74. The molecule has 0 amide bonds. The molecule has 1 atom stereocenters. The highest BCUT2D eigenvalue weighted by atomic mass is 127. The van der Waals surface area contributed by atoms with Crippen molar-refractivity contribution in [2.24, 2.45) is 4.99 Å². The minimum atomic E-state index is 0. The van der Waals surface area contributed by atoms with Crippen LogP contribution in [0.25, 0.3) is 0 Å². The van der Waals surface area contributed by atoms with E-state index in [0.717, 1.165) is 51.5 Å². The highest BCUT2D eigenvalue weighted by molar-refractivity contribution is 14.0. The average molecular weight is 488 g/mol. The van der Waals surface area contributed by atoms with Crippen molar-refractivity contribution in [3.05, 3.63) is 35.4 Å². The Kier molecular flexibility index (Phi) is 10.6. The number of aryl methyl sites for hydroxylation is 1. The zero-order valence-corrected chi connectivity index (χ0v) is 19.9. The molecule has 27 heavy (non-hydrogen) atoms. The number of benzene rings is 1. The fourth-order valence-corrected chi connectivity index (χ4v) is 3.37. The molecule has 0 radical (unpaired) electrons. The van der Waals surface area contributed by atoms with Crippen molar-refractivity contribution in [2.45, 2.75) is 51.6 Å². The second-order valence-electron chi connectivity index (χ2n) is 7.39. The lowest BCUT2D eigenvalue weighted by Crippen LogP contribution is -2.51. The monoisotopic (exact) mass is 488 g/mol. The van der Waals surface area contributed by atoms with E-state index in [-0.39, 0.29) is 35.6 Å². The van der Waals surface area contributed by atoms with Crippen LogP contribution in [0.4, 0.5) is 0 Å². The van der Waals surface area contributed by atoms with E-state index >= 15 is 0 Å². The van der Waals surface area contributed by atoms with Crippen molar-refractivity contribution >= 4 is 29.9 Å². The summed E-state index contributed by atoms with van der Waals surface area (Å²) < 4.78 is 5.56. The van der Waals surface area contributed by atoms with E-state index < -0.39 is 0 Å². The van der Waals surface area contributed by atoms with Crippen LogP contribution in [-0.4, -0.2) is 56.8 Å². The number of hydrogen-bond donors (Lipinski definition) is 2. The van der Waals surface area contributed by atoms with Gasteiger partial charge in [-0.2, -0.15) is 0 Å². The molecule has 0 saturated carbocycles. The minimum Gasteiger partial charge on any atom is -0.381 e. The number of nitrogens with zero attached hydrogens (tertiary/aromatic N) is 2. The molecule has 0 spiro atoms. The Morgan fingerprint density at radius 1 is 1.19 bits per heavy atom. The van der Waals surface area contributed by atoms with Crippen LogP contribution in [-0.2, 0) is 11.2 Å². The van der Waals surface area contributed by atoms with Crippen molar-refractivity contribution in [2.75, 3.05) is 40.4 Å². The van der Waals surface area contributed by atoms with Crippen LogP contribution in [0.5, 0.6) is 0 Å². The average Bonchev–Trinajstić information content (AvgIpc) is 2.67. The fraction of sp³-hybridized carbons (Fsp3) is 0.667. The van der Waals surface area contributed by atoms with E-state index in [1.165, 1.54) is 11.1 Å². The van der Waals surface area contributed by atoms with Crippen molar-refractivity contribution in [1.29, 1.82) is 0 Å². The summed E-state index contributed by atoms with van der Waals surface area (Å²) in [7, 11) is 4.30. The molecular weight excluding hydrogens is 451 g/mol. The maximum atomic E-state index is 5.56. The summed E-state index contributed by atoms with van der Waals surface area (Å²) >= 11 is 0. The zero-order chi connectivity index (χ0) is 19.0. The molecule has 154 valence electrons. The number of likely N-dealkylation sites (N-methyl/N-ethyl adjacent to an activating group) is 1. The van der Waals surface area contributed by atoms with Gasteiger partial charge < -0.3 is 20.3 Å². The Morgan fingerprint density at radius 2 is 1.81 bits per heavy atom. The second kappa shape index (κ2) is 11.9. The topological polar surface area (TPSA) is 48.9 Å². The normalized spacial score (nSPS) is 17.9. The predicted octanol–water partition coefficient (Wildman–Crippen LogP) is 3.59. The van der Waals surface area contributed by atoms with Crippen molar-refractivity contribution in [3.8, 4) is 0 Å². The summed E-state index contributed by atoms with van der Waals surface area (Å²) in [6.07, 6.45) is 3.12. The van der Waals surface area contributed by atoms with Gasteiger partial charge in [-0.25, -0.2) is 0 Å². The molecule has 1 unspecified atom stereocenters. The van der Waals surface area contributed by atoms with Crippen LogP contribution in [0.3, 0.4) is 0 Å². The molecule has 1 heterocycles. The van der Waals surface area contributed by atoms with Crippen molar-refractivity contribution < 1.29 is 4.74 Å². The highest BCUT2D eigenvalue weighted by Gasteiger charge is 2.34. The third kappa shape index (κ3) is 6.91. The molecule has 5 nitrogen and oxygen atoms in total. The maximum absolute atomic E-state index is 5.56. The van der Waals surface area contributed by atoms with E-state index in [1.807, 2.05) is 0 Å². The Hall–Kier alpha value is -0.860. The molecule has 0 aromatic heterocycles. The van der Waals surface area contributed by atoms with Gasteiger partial charge in [-0.3, -0.25) is 4.99 Å². The number of guanidine groups is 1. The van der Waals surface area contributed by atoms with Crippen LogP contribution in [0, 0.1) is 0 Å².